The maximum Gasteiger partial charge on any atom is 0.308 e. The first-order valence-corrected chi connectivity index (χ1v) is 6.47. The smallest absolute Gasteiger partial charge is 0.308 e. The molecule has 1 aliphatic rings. The highest BCUT2D eigenvalue weighted by Crippen LogP contribution is 2.31. The van der Waals surface area contributed by atoms with E-state index in [1.54, 1.807) is 0 Å². The van der Waals surface area contributed by atoms with Gasteiger partial charge in [0.2, 0.25) is 0 Å². The van der Waals surface area contributed by atoms with Gasteiger partial charge in [-0.15, -0.1) is 0 Å². The van der Waals surface area contributed by atoms with Gasteiger partial charge in [-0.25, -0.2) is 0 Å². The normalized spacial score (nSPS) is 19.6. The lowest BCUT2D eigenvalue weighted by molar-refractivity contribution is -0.153. The number of benzene rings is 1. The molecule has 92 valence electrons. The molecule has 0 saturated carbocycles. The lowest BCUT2D eigenvalue weighted by Crippen LogP contribution is -2.16. The van der Waals surface area contributed by atoms with E-state index in [0.29, 0.717) is 0 Å². The Morgan fingerprint density at radius 1 is 1.29 bits per heavy atom. The Morgan fingerprint density at radius 2 is 2.06 bits per heavy atom. The fraction of sp³-hybridized carbons (Fsp3) is 0.533. The molecule has 2 heteroatoms. The van der Waals surface area contributed by atoms with E-state index in [0.717, 1.165) is 19.3 Å². The number of fused-ring (bicyclic) bond motifs is 1. The Labute approximate surface area is 103 Å². The Balaban J connectivity index is 2.20. The molecule has 2 nitrogen and oxygen atoms in total. The quantitative estimate of drug-likeness (QED) is 0.574. The van der Waals surface area contributed by atoms with Gasteiger partial charge in [-0.05, 0) is 36.8 Å². The van der Waals surface area contributed by atoms with E-state index in [2.05, 4.69) is 18.2 Å². The highest BCUT2D eigenvalue weighted by Gasteiger charge is 2.22. The predicted octanol–water partition coefficient (Wildman–Crippen LogP) is 3.65. The second kappa shape index (κ2) is 5.35. The molecule has 2 rings (SSSR count). The topological polar surface area (TPSA) is 26.3 Å². The molecule has 0 spiro atoms. The Morgan fingerprint density at radius 3 is 2.82 bits per heavy atom. The third-order valence-corrected chi connectivity index (χ3v) is 3.29. The molecule has 0 aromatic heterocycles. The van der Waals surface area contributed by atoms with E-state index in [1.165, 1.54) is 17.5 Å². The molecule has 0 radical (unpaired) electrons. The van der Waals surface area contributed by atoms with Crippen LogP contribution in [-0.2, 0) is 16.0 Å². The van der Waals surface area contributed by atoms with Crippen molar-refractivity contribution < 1.29 is 9.53 Å². The van der Waals surface area contributed by atoms with Gasteiger partial charge in [-0.2, -0.15) is 0 Å². The van der Waals surface area contributed by atoms with Crippen molar-refractivity contribution >= 4 is 5.97 Å². The third-order valence-electron chi connectivity index (χ3n) is 3.29. The second-order valence-electron chi connectivity index (χ2n) is 5.02. The van der Waals surface area contributed by atoms with E-state index in [4.69, 9.17) is 4.74 Å². The largest absolute Gasteiger partial charge is 0.457 e. The average molecular weight is 232 g/mol. The molecule has 0 heterocycles. The van der Waals surface area contributed by atoms with Gasteiger partial charge in [-0.1, -0.05) is 38.1 Å². The number of esters is 1. The van der Waals surface area contributed by atoms with Gasteiger partial charge >= 0.3 is 5.97 Å². The fourth-order valence-electron chi connectivity index (χ4n) is 2.28. The lowest BCUT2D eigenvalue weighted by atomic mass is 10.0. The zero-order chi connectivity index (χ0) is 12.3. The summed E-state index contributed by atoms with van der Waals surface area (Å²) in [6, 6.07) is 8.33. The maximum atomic E-state index is 11.7. The zero-order valence-corrected chi connectivity index (χ0v) is 10.6. The van der Waals surface area contributed by atoms with Crippen LogP contribution in [0.1, 0.15) is 50.3 Å². The molecule has 1 aliphatic carbocycles. The van der Waals surface area contributed by atoms with Crippen LogP contribution < -0.4 is 0 Å². The van der Waals surface area contributed by atoms with Crippen molar-refractivity contribution in [1.82, 2.24) is 0 Å². The van der Waals surface area contributed by atoms with Crippen LogP contribution in [0.5, 0.6) is 0 Å². The van der Waals surface area contributed by atoms with Crippen LogP contribution in [0.3, 0.4) is 0 Å². The van der Waals surface area contributed by atoms with Crippen LogP contribution in [0.25, 0.3) is 0 Å². The third kappa shape index (κ3) is 2.87. The monoisotopic (exact) mass is 232 g/mol. The minimum atomic E-state index is -0.0910. The van der Waals surface area contributed by atoms with Gasteiger partial charge in [-0.3, -0.25) is 4.79 Å². The summed E-state index contributed by atoms with van der Waals surface area (Å²) in [6.45, 7) is 3.76. The van der Waals surface area contributed by atoms with E-state index >= 15 is 0 Å². The number of hydrogen-bond donors (Lipinski definition) is 0. The predicted molar refractivity (Wildman–Crippen MR) is 67.7 cm³/mol. The van der Waals surface area contributed by atoms with Crippen molar-refractivity contribution in [3.63, 3.8) is 0 Å². The molecule has 1 atom stereocenters. The number of hydrogen-bond acceptors (Lipinski definition) is 2. The first kappa shape index (κ1) is 12.2. The van der Waals surface area contributed by atoms with Crippen molar-refractivity contribution in [3.05, 3.63) is 35.4 Å². The summed E-state index contributed by atoms with van der Waals surface area (Å²) in [6.07, 6.45) is 4.34. The molecule has 0 fully saturated rings. The standard InChI is InChI=1S/C15H20O2/c1-11(2)15(16)17-14-10-6-4-8-12-7-3-5-9-13(12)14/h3,5,7,9,11,14H,4,6,8,10H2,1-2H3. The SMILES string of the molecule is CC(C)C(=O)OC1CCCCc2ccccc21. The maximum absolute atomic E-state index is 11.7. The summed E-state index contributed by atoms with van der Waals surface area (Å²) in [4.78, 5) is 11.7. The number of rotatable bonds is 2. The number of carbonyl (C=O) groups is 1. The molecular formula is C15H20O2. The molecule has 0 aliphatic heterocycles. The van der Waals surface area contributed by atoms with E-state index in [1.807, 2.05) is 19.9 Å². The number of ether oxygens (including phenoxy) is 1. The highest BCUT2D eigenvalue weighted by atomic mass is 16.5. The first-order chi connectivity index (χ1) is 8.18. The van der Waals surface area contributed by atoms with Gasteiger partial charge in [0, 0.05) is 0 Å². The van der Waals surface area contributed by atoms with Crippen LogP contribution in [0, 0.1) is 5.92 Å². The highest BCUT2D eigenvalue weighted by molar-refractivity contribution is 5.71. The summed E-state index contributed by atoms with van der Waals surface area (Å²) in [7, 11) is 0. The lowest BCUT2D eigenvalue weighted by Gasteiger charge is -2.19. The molecule has 0 N–H and O–H groups in total. The van der Waals surface area contributed by atoms with Crippen LogP contribution in [-0.4, -0.2) is 5.97 Å². The van der Waals surface area contributed by atoms with Crippen LogP contribution in [0.4, 0.5) is 0 Å². The summed E-state index contributed by atoms with van der Waals surface area (Å²) in [5, 5.41) is 0. The Bertz CT molecular complexity index is 396. The van der Waals surface area contributed by atoms with Crippen molar-refractivity contribution in [3.8, 4) is 0 Å². The molecule has 1 aromatic carbocycles. The number of aryl methyl sites for hydroxylation is 1. The second-order valence-corrected chi connectivity index (χ2v) is 5.02. The van der Waals surface area contributed by atoms with Crippen molar-refractivity contribution in [1.29, 1.82) is 0 Å². The van der Waals surface area contributed by atoms with Crippen molar-refractivity contribution in [2.45, 2.75) is 45.6 Å². The minimum absolute atomic E-state index is 0.0383. The van der Waals surface area contributed by atoms with E-state index in [9.17, 15) is 4.79 Å². The van der Waals surface area contributed by atoms with Crippen molar-refractivity contribution in [2.75, 3.05) is 0 Å². The molecule has 0 saturated heterocycles. The average Bonchev–Trinajstić information content (AvgIpc) is 2.52. The summed E-state index contributed by atoms with van der Waals surface area (Å²) < 4.78 is 5.62. The first-order valence-electron chi connectivity index (χ1n) is 6.47. The summed E-state index contributed by atoms with van der Waals surface area (Å²) in [5.41, 5.74) is 2.55. The molecule has 0 bridgehead atoms. The van der Waals surface area contributed by atoms with Crippen LogP contribution in [0.2, 0.25) is 0 Å². The number of carbonyl (C=O) groups excluding carboxylic acids is 1. The molecule has 17 heavy (non-hydrogen) atoms. The fourth-order valence-corrected chi connectivity index (χ4v) is 2.28. The summed E-state index contributed by atoms with van der Waals surface area (Å²) in [5.74, 6) is -0.142. The van der Waals surface area contributed by atoms with Crippen molar-refractivity contribution in [2.24, 2.45) is 5.92 Å². The Hall–Kier alpha value is -1.31. The Kier molecular flexibility index (Phi) is 3.82. The molecule has 0 amide bonds. The minimum Gasteiger partial charge on any atom is -0.457 e. The van der Waals surface area contributed by atoms with Gasteiger partial charge in [0.25, 0.3) is 0 Å². The van der Waals surface area contributed by atoms with Gasteiger partial charge in [0.05, 0.1) is 5.92 Å². The van der Waals surface area contributed by atoms with Gasteiger partial charge in [0.15, 0.2) is 0 Å². The van der Waals surface area contributed by atoms with Crippen LogP contribution in [0.15, 0.2) is 24.3 Å². The zero-order valence-electron chi connectivity index (χ0n) is 10.6. The molecular weight excluding hydrogens is 212 g/mol. The molecule has 1 unspecified atom stereocenters. The van der Waals surface area contributed by atoms with Crippen LogP contribution >= 0.6 is 0 Å². The van der Waals surface area contributed by atoms with E-state index in [-0.39, 0.29) is 18.0 Å². The van der Waals surface area contributed by atoms with E-state index < -0.39 is 0 Å². The molecule has 1 aromatic rings. The van der Waals surface area contributed by atoms with Gasteiger partial charge in [0.1, 0.15) is 6.10 Å². The van der Waals surface area contributed by atoms with Gasteiger partial charge < -0.3 is 4.74 Å². The summed E-state index contributed by atoms with van der Waals surface area (Å²) >= 11 is 0.